The Kier molecular flexibility index (Phi) is 1.30. The molecule has 2 bridgehead atoms. The molecule has 1 saturated carbocycles. The Labute approximate surface area is 74.4 Å². The van der Waals surface area contributed by atoms with Crippen molar-refractivity contribution in [3.8, 4) is 0 Å². The molecule has 12 heavy (non-hydrogen) atoms. The highest BCUT2D eigenvalue weighted by atomic mass is 14.5. The van der Waals surface area contributed by atoms with Crippen LogP contribution in [0.4, 0.5) is 0 Å². The second kappa shape index (κ2) is 2.25. The first-order chi connectivity index (χ1) is 5.89. The molecule has 64 valence electrons. The summed E-state index contributed by atoms with van der Waals surface area (Å²) in [5.41, 5.74) is 0.716. The van der Waals surface area contributed by atoms with Crippen LogP contribution < -0.4 is 0 Å². The number of rotatable bonds is 0. The van der Waals surface area contributed by atoms with Crippen LogP contribution in [0.2, 0.25) is 0 Å². The van der Waals surface area contributed by atoms with E-state index in [-0.39, 0.29) is 0 Å². The van der Waals surface area contributed by atoms with Crippen LogP contribution in [0.5, 0.6) is 0 Å². The van der Waals surface area contributed by atoms with E-state index >= 15 is 0 Å². The van der Waals surface area contributed by atoms with Gasteiger partial charge in [0.05, 0.1) is 0 Å². The van der Waals surface area contributed by atoms with Gasteiger partial charge in [0.15, 0.2) is 0 Å². The largest absolute Gasteiger partial charge is 0.0885 e. The second-order valence-corrected chi connectivity index (χ2v) is 4.77. The van der Waals surface area contributed by atoms with E-state index in [2.05, 4.69) is 24.3 Å². The van der Waals surface area contributed by atoms with E-state index in [0.717, 1.165) is 11.8 Å². The summed E-state index contributed by atoms with van der Waals surface area (Å²) in [6.07, 6.45) is 16.8. The zero-order chi connectivity index (χ0) is 8.02. The van der Waals surface area contributed by atoms with Gasteiger partial charge in [0, 0.05) is 0 Å². The average Bonchev–Trinajstić information content (AvgIpc) is 2.65. The Morgan fingerprint density at radius 3 is 2.75 bits per heavy atom. The highest BCUT2D eigenvalue weighted by molar-refractivity contribution is 5.18. The van der Waals surface area contributed by atoms with E-state index in [4.69, 9.17) is 0 Å². The van der Waals surface area contributed by atoms with E-state index in [9.17, 15) is 0 Å². The lowest BCUT2D eigenvalue weighted by atomic mass is 9.68. The van der Waals surface area contributed by atoms with Crippen LogP contribution in [0, 0.1) is 17.3 Å². The lowest BCUT2D eigenvalue weighted by Crippen LogP contribution is -2.26. The summed E-state index contributed by atoms with van der Waals surface area (Å²) in [5.74, 6) is 1.88. The third-order valence-electron chi connectivity index (χ3n) is 4.13. The van der Waals surface area contributed by atoms with Gasteiger partial charge in [-0.2, -0.15) is 0 Å². The van der Waals surface area contributed by atoms with Crippen molar-refractivity contribution in [2.45, 2.75) is 32.1 Å². The molecule has 0 heterocycles. The Bertz CT molecular complexity index is 249. The molecule has 0 radical (unpaired) electrons. The molecule has 0 N–H and O–H groups in total. The third-order valence-corrected chi connectivity index (χ3v) is 4.13. The average molecular weight is 160 g/mol. The molecular weight excluding hydrogens is 144 g/mol. The van der Waals surface area contributed by atoms with Crippen molar-refractivity contribution < 1.29 is 0 Å². The standard InChI is InChI=1S/C12H16/c1-2-6-12(7-3-1)9-10-4-5-11(12)8-10/h1-2,4-5,10-11H,3,6-9H2. The molecule has 3 aliphatic carbocycles. The first kappa shape index (κ1) is 6.94. The molecule has 0 aromatic heterocycles. The summed E-state index contributed by atoms with van der Waals surface area (Å²) in [4.78, 5) is 0. The summed E-state index contributed by atoms with van der Waals surface area (Å²) >= 11 is 0. The molecule has 0 heteroatoms. The topological polar surface area (TPSA) is 0 Å². The minimum atomic E-state index is 0.716. The van der Waals surface area contributed by atoms with E-state index < -0.39 is 0 Å². The van der Waals surface area contributed by atoms with Crippen LogP contribution in [0.3, 0.4) is 0 Å². The predicted octanol–water partition coefficient (Wildman–Crippen LogP) is 3.31. The SMILES string of the molecule is C1=CCC2(CC1)CC1C=CC2C1. The minimum Gasteiger partial charge on any atom is -0.0885 e. The third kappa shape index (κ3) is 0.784. The van der Waals surface area contributed by atoms with Crippen molar-refractivity contribution in [1.29, 1.82) is 0 Å². The maximum absolute atomic E-state index is 2.49. The van der Waals surface area contributed by atoms with Crippen LogP contribution in [0.1, 0.15) is 32.1 Å². The van der Waals surface area contributed by atoms with Crippen molar-refractivity contribution in [1.82, 2.24) is 0 Å². The van der Waals surface area contributed by atoms with E-state index in [1.807, 2.05) is 0 Å². The quantitative estimate of drug-likeness (QED) is 0.477. The van der Waals surface area contributed by atoms with Gasteiger partial charge in [-0.1, -0.05) is 24.3 Å². The molecule has 3 unspecified atom stereocenters. The molecule has 0 aromatic carbocycles. The van der Waals surface area contributed by atoms with Crippen molar-refractivity contribution in [3.63, 3.8) is 0 Å². The molecule has 3 rings (SSSR count). The highest BCUT2D eigenvalue weighted by Gasteiger charge is 2.47. The van der Waals surface area contributed by atoms with Gasteiger partial charge >= 0.3 is 0 Å². The monoisotopic (exact) mass is 160 g/mol. The molecule has 0 aliphatic heterocycles. The predicted molar refractivity (Wildman–Crippen MR) is 50.8 cm³/mol. The first-order valence-electron chi connectivity index (χ1n) is 5.22. The highest BCUT2D eigenvalue weighted by Crippen LogP contribution is 2.57. The van der Waals surface area contributed by atoms with Gasteiger partial charge in [-0.15, -0.1) is 0 Å². The summed E-state index contributed by atoms with van der Waals surface area (Å²) in [6, 6.07) is 0. The molecule has 3 aliphatic rings. The molecule has 1 fully saturated rings. The van der Waals surface area contributed by atoms with Crippen molar-refractivity contribution >= 4 is 0 Å². The zero-order valence-electron chi connectivity index (χ0n) is 7.50. The molecule has 0 nitrogen and oxygen atoms in total. The fourth-order valence-corrected chi connectivity index (χ4v) is 3.48. The second-order valence-electron chi connectivity index (χ2n) is 4.77. The van der Waals surface area contributed by atoms with Crippen LogP contribution in [0.15, 0.2) is 24.3 Å². The Hall–Kier alpha value is -0.520. The fraction of sp³-hybridized carbons (Fsp3) is 0.667. The molecule has 0 amide bonds. The van der Waals surface area contributed by atoms with Gasteiger partial charge in [0.25, 0.3) is 0 Å². The van der Waals surface area contributed by atoms with E-state index in [0.29, 0.717) is 5.41 Å². The van der Waals surface area contributed by atoms with Crippen molar-refractivity contribution in [2.75, 3.05) is 0 Å². The van der Waals surface area contributed by atoms with Gasteiger partial charge in [0.2, 0.25) is 0 Å². The van der Waals surface area contributed by atoms with Crippen LogP contribution in [-0.2, 0) is 0 Å². The number of hydrogen-bond acceptors (Lipinski definition) is 0. The summed E-state index contributed by atoms with van der Waals surface area (Å²) in [6.45, 7) is 0. The maximum Gasteiger partial charge on any atom is -0.0168 e. The molecule has 1 spiro atoms. The molecule has 0 aromatic rings. The van der Waals surface area contributed by atoms with Gasteiger partial charge in [-0.05, 0) is 49.4 Å². The van der Waals surface area contributed by atoms with Gasteiger partial charge in [-0.25, -0.2) is 0 Å². The van der Waals surface area contributed by atoms with Crippen LogP contribution in [-0.4, -0.2) is 0 Å². The van der Waals surface area contributed by atoms with Crippen LogP contribution in [0.25, 0.3) is 0 Å². The van der Waals surface area contributed by atoms with Gasteiger partial charge in [0.1, 0.15) is 0 Å². The van der Waals surface area contributed by atoms with E-state index in [1.54, 1.807) is 0 Å². The maximum atomic E-state index is 2.49. The summed E-state index contributed by atoms with van der Waals surface area (Å²) in [5, 5.41) is 0. The fourth-order valence-electron chi connectivity index (χ4n) is 3.48. The molecule has 0 saturated heterocycles. The minimum absolute atomic E-state index is 0.716. The van der Waals surface area contributed by atoms with Gasteiger partial charge < -0.3 is 0 Å². The first-order valence-corrected chi connectivity index (χ1v) is 5.22. The lowest BCUT2D eigenvalue weighted by molar-refractivity contribution is 0.205. The lowest BCUT2D eigenvalue weighted by Gasteiger charge is -2.36. The number of fused-ring (bicyclic) bond motifs is 3. The van der Waals surface area contributed by atoms with Gasteiger partial charge in [-0.3, -0.25) is 0 Å². The Morgan fingerprint density at radius 1 is 1.17 bits per heavy atom. The van der Waals surface area contributed by atoms with Crippen molar-refractivity contribution in [2.24, 2.45) is 17.3 Å². The number of allylic oxidation sites excluding steroid dienone is 4. The van der Waals surface area contributed by atoms with E-state index in [1.165, 1.54) is 32.1 Å². The molecule has 3 atom stereocenters. The Balaban J connectivity index is 1.92. The smallest absolute Gasteiger partial charge is 0.0168 e. The summed E-state index contributed by atoms with van der Waals surface area (Å²) < 4.78 is 0. The summed E-state index contributed by atoms with van der Waals surface area (Å²) in [7, 11) is 0. The normalized spacial score (nSPS) is 49.3. The number of hydrogen-bond donors (Lipinski definition) is 0. The van der Waals surface area contributed by atoms with Crippen LogP contribution >= 0.6 is 0 Å². The Morgan fingerprint density at radius 2 is 2.17 bits per heavy atom. The van der Waals surface area contributed by atoms with Crippen molar-refractivity contribution in [3.05, 3.63) is 24.3 Å². The zero-order valence-corrected chi connectivity index (χ0v) is 7.50. The molecular formula is C12H16.